The molecule has 0 radical (unpaired) electrons. The third kappa shape index (κ3) is 70.3. The van der Waals surface area contributed by atoms with E-state index >= 15 is 0 Å². The van der Waals surface area contributed by atoms with Crippen LogP contribution < -0.4 is 0 Å². The van der Waals surface area contributed by atoms with Crippen LogP contribution in [-0.4, -0.2) is 96.7 Å². The fourth-order valence-electron chi connectivity index (χ4n) is 11.7. The topological polar surface area (TPSA) is 237 Å². The second kappa shape index (κ2) is 69.2. The summed E-state index contributed by atoms with van der Waals surface area (Å²) in [5.41, 5.74) is 0. The Balaban J connectivity index is 5.18. The maximum Gasteiger partial charge on any atom is 0.472 e. The molecule has 564 valence electrons. The number of unbranched alkanes of at least 4 members (excludes halogenated alkanes) is 48. The van der Waals surface area contributed by atoms with E-state index in [0.29, 0.717) is 31.6 Å². The van der Waals surface area contributed by atoms with Gasteiger partial charge in [-0.3, -0.25) is 37.3 Å². The van der Waals surface area contributed by atoms with E-state index in [0.717, 1.165) is 96.3 Å². The molecule has 0 aromatic carbocycles. The van der Waals surface area contributed by atoms with Crippen LogP contribution in [-0.2, 0) is 65.4 Å². The predicted molar refractivity (Wildman–Crippen MR) is 386 cm³/mol. The van der Waals surface area contributed by atoms with Crippen molar-refractivity contribution < 1.29 is 80.2 Å². The Labute approximate surface area is 581 Å². The van der Waals surface area contributed by atoms with Gasteiger partial charge in [-0.2, -0.15) is 0 Å². The molecule has 19 heteroatoms. The standard InChI is InChI=1S/C76H148O17P2/c1-6-9-12-15-18-21-24-27-28-29-30-31-32-33-34-35-38-41-46-52-57-62-76(81)92-71(65-86-73(78)59-54-49-44-39-36-25-22-19-16-13-10-7-2)67-90-94(82,83)88-63-70(77)64-89-95(84,85)91-68-72(66-87-74(79)60-55-50-47-42-43-48-53-58-69(4)5)93-75(80)61-56-51-45-40-37-26-23-20-17-14-11-8-3/h69-72,77H,6-68H2,1-5H3,(H,82,83)(H,84,85)/t70-,71-,72-/m1/s1. The zero-order chi connectivity index (χ0) is 69.8. The van der Waals surface area contributed by atoms with E-state index in [4.69, 9.17) is 37.0 Å². The minimum atomic E-state index is -4.96. The SMILES string of the molecule is CCCCCCCCCCCCCCCCCCCCCCCC(=O)O[C@H](COC(=O)CCCCCCCCCCCCCC)COP(=O)(O)OC[C@@H](O)COP(=O)(O)OC[C@@H](COC(=O)CCCCCCCCCC(C)C)OC(=O)CCCCCCCCCCCCCC. The Morgan fingerprint density at radius 1 is 0.284 bits per heavy atom. The second-order valence-electron chi connectivity index (χ2n) is 27.9. The smallest absolute Gasteiger partial charge is 0.462 e. The number of carbonyl (C=O) groups excluding carboxylic acids is 4. The summed E-state index contributed by atoms with van der Waals surface area (Å²) in [5, 5.41) is 10.6. The molecule has 0 aliphatic rings. The van der Waals surface area contributed by atoms with Crippen molar-refractivity contribution in [3.63, 3.8) is 0 Å². The summed E-state index contributed by atoms with van der Waals surface area (Å²) in [6.45, 7) is 7.23. The Kier molecular flexibility index (Phi) is 67.7. The van der Waals surface area contributed by atoms with E-state index in [1.54, 1.807) is 0 Å². The average Bonchev–Trinajstić information content (AvgIpc) is 1.36. The second-order valence-corrected chi connectivity index (χ2v) is 30.8. The molecule has 2 unspecified atom stereocenters. The van der Waals surface area contributed by atoms with Gasteiger partial charge in [-0.05, 0) is 31.6 Å². The van der Waals surface area contributed by atoms with Crippen LogP contribution in [0.3, 0.4) is 0 Å². The molecule has 0 saturated carbocycles. The molecule has 5 atom stereocenters. The highest BCUT2D eigenvalue weighted by Crippen LogP contribution is 2.45. The Hall–Kier alpha value is -1.94. The van der Waals surface area contributed by atoms with E-state index in [1.807, 2.05) is 0 Å². The number of aliphatic hydroxyl groups is 1. The lowest BCUT2D eigenvalue weighted by Gasteiger charge is -2.21. The first-order chi connectivity index (χ1) is 46.0. The first-order valence-electron chi connectivity index (χ1n) is 39.6. The maximum atomic E-state index is 13.1. The molecule has 0 fully saturated rings. The Morgan fingerprint density at radius 3 is 0.716 bits per heavy atom. The van der Waals surface area contributed by atoms with Crippen molar-refractivity contribution in [1.29, 1.82) is 0 Å². The number of rotatable bonds is 76. The summed E-state index contributed by atoms with van der Waals surface area (Å²) >= 11 is 0. The van der Waals surface area contributed by atoms with Crippen LogP contribution in [0.2, 0.25) is 0 Å². The molecular weight excluding hydrogens is 1250 g/mol. The largest absolute Gasteiger partial charge is 0.472 e. The minimum absolute atomic E-state index is 0.107. The van der Waals surface area contributed by atoms with Crippen LogP contribution in [0.25, 0.3) is 0 Å². The number of phosphoric acid groups is 2. The molecule has 17 nitrogen and oxygen atoms in total. The van der Waals surface area contributed by atoms with Crippen molar-refractivity contribution in [3.8, 4) is 0 Å². The van der Waals surface area contributed by atoms with Gasteiger partial charge in [0.15, 0.2) is 12.2 Å². The molecule has 0 aliphatic carbocycles. The van der Waals surface area contributed by atoms with Gasteiger partial charge < -0.3 is 33.8 Å². The molecule has 3 N–H and O–H groups in total. The van der Waals surface area contributed by atoms with Crippen molar-refractivity contribution >= 4 is 39.5 Å². The van der Waals surface area contributed by atoms with Crippen molar-refractivity contribution in [1.82, 2.24) is 0 Å². The highest BCUT2D eigenvalue weighted by Gasteiger charge is 2.30. The van der Waals surface area contributed by atoms with Gasteiger partial charge in [0.05, 0.1) is 26.4 Å². The summed E-state index contributed by atoms with van der Waals surface area (Å²) in [5.74, 6) is -1.41. The van der Waals surface area contributed by atoms with Crippen LogP contribution in [0.4, 0.5) is 0 Å². The number of hydrogen-bond acceptors (Lipinski definition) is 15. The lowest BCUT2D eigenvalue weighted by molar-refractivity contribution is -0.161. The highest BCUT2D eigenvalue weighted by atomic mass is 31.2. The average molecular weight is 1400 g/mol. The number of aliphatic hydroxyl groups excluding tert-OH is 1. The van der Waals surface area contributed by atoms with Gasteiger partial charge >= 0.3 is 39.5 Å². The van der Waals surface area contributed by atoms with Gasteiger partial charge in [0.1, 0.15) is 19.3 Å². The van der Waals surface area contributed by atoms with Crippen molar-refractivity contribution in [2.24, 2.45) is 5.92 Å². The molecular formula is C76H148O17P2. The van der Waals surface area contributed by atoms with Crippen LogP contribution in [0.15, 0.2) is 0 Å². The van der Waals surface area contributed by atoms with E-state index < -0.39 is 97.5 Å². The van der Waals surface area contributed by atoms with Gasteiger partial charge in [0, 0.05) is 25.7 Å². The summed E-state index contributed by atoms with van der Waals surface area (Å²) < 4.78 is 68.5. The number of hydrogen-bond donors (Lipinski definition) is 3. The molecule has 95 heavy (non-hydrogen) atoms. The maximum absolute atomic E-state index is 13.1. The predicted octanol–water partition coefficient (Wildman–Crippen LogP) is 22.5. The molecule has 0 spiro atoms. The lowest BCUT2D eigenvalue weighted by atomic mass is 10.0. The minimum Gasteiger partial charge on any atom is -0.462 e. The first kappa shape index (κ1) is 93.1. The van der Waals surface area contributed by atoms with Gasteiger partial charge in [-0.1, -0.05) is 349 Å². The molecule has 0 rings (SSSR count). The number of carbonyl (C=O) groups is 4. The third-order valence-electron chi connectivity index (χ3n) is 17.8. The van der Waals surface area contributed by atoms with Gasteiger partial charge in [-0.15, -0.1) is 0 Å². The normalized spacial score (nSPS) is 13.9. The number of esters is 4. The van der Waals surface area contributed by atoms with Crippen molar-refractivity contribution in [3.05, 3.63) is 0 Å². The quantitative estimate of drug-likeness (QED) is 0.0222. The number of ether oxygens (including phenoxy) is 4. The van der Waals surface area contributed by atoms with Crippen LogP contribution in [0.1, 0.15) is 401 Å². The van der Waals surface area contributed by atoms with Crippen LogP contribution >= 0.6 is 15.6 Å². The van der Waals surface area contributed by atoms with Gasteiger partial charge in [0.2, 0.25) is 0 Å². The van der Waals surface area contributed by atoms with Crippen LogP contribution in [0.5, 0.6) is 0 Å². The summed E-state index contributed by atoms with van der Waals surface area (Å²) in [6, 6.07) is 0. The van der Waals surface area contributed by atoms with E-state index in [-0.39, 0.29) is 25.7 Å². The van der Waals surface area contributed by atoms with Gasteiger partial charge in [0.25, 0.3) is 0 Å². The number of phosphoric ester groups is 2. The molecule has 0 heterocycles. The summed E-state index contributed by atoms with van der Waals surface area (Å²) in [6.07, 6.45) is 58.4. The molecule has 0 aliphatic heterocycles. The molecule has 0 saturated heterocycles. The molecule has 0 aromatic rings. The molecule has 0 amide bonds. The Bertz CT molecular complexity index is 1820. The molecule has 0 aromatic heterocycles. The fourth-order valence-corrected chi connectivity index (χ4v) is 13.3. The fraction of sp³-hybridized carbons (Fsp3) is 0.947. The highest BCUT2D eigenvalue weighted by molar-refractivity contribution is 7.47. The first-order valence-corrected chi connectivity index (χ1v) is 42.6. The van der Waals surface area contributed by atoms with E-state index in [1.165, 1.54) is 218 Å². The zero-order valence-corrected chi connectivity index (χ0v) is 63.6. The summed E-state index contributed by atoms with van der Waals surface area (Å²) in [4.78, 5) is 72.7. The third-order valence-corrected chi connectivity index (χ3v) is 19.7. The lowest BCUT2D eigenvalue weighted by Crippen LogP contribution is -2.30. The van der Waals surface area contributed by atoms with Crippen molar-refractivity contribution in [2.75, 3.05) is 39.6 Å². The molecule has 0 bridgehead atoms. The van der Waals surface area contributed by atoms with Crippen LogP contribution in [0, 0.1) is 5.92 Å². The Morgan fingerprint density at radius 2 is 0.484 bits per heavy atom. The van der Waals surface area contributed by atoms with E-state index in [9.17, 15) is 43.2 Å². The monoisotopic (exact) mass is 1400 g/mol. The zero-order valence-electron chi connectivity index (χ0n) is 61.8. The van der Waals surface area contributed by atoms with Gasteiger partial charge in [-0.25, -0.2) is 9.13 Å². The summed E-state index contributed by atoms with van der Waals surface area (Å²) in [7, 11) is -9.91. The van der Waals surface area contributed by atoms with Crippen molar-refractivity contribution in [2.45, 2.75) is 419 Å². The van der Waals surface area contributed by atoms with E-state index in [2.05, 4.69) is 34.6 Å².